The summed E-state index contributed by atoms with van der Waals surface area (Å²) in [5.41, 5.74) is -0.851. The van der Waals surface area contributed by atoms with Crippen LogP contribution in [0.5, 0.6) is 0 Å². The van der Waals surface area contributed by atoms with Gasteiger partial charge in [0.25, 0.3) is 5.56 Å². The van der Waals surface area contributed by atoms with Crippen LogP contribution < -0.4 is 11.2 Å². The normalized spacial score (nSPS) is 10.7. The first-order valence-electron chi connectivity index (χ1n) is 5.44. The molecule has 1 aromatic heterocycles. The molecule has 0 aliphatic heterocycles. The third kappa shape index (κ3) is 2.50. The summed E-state index contributed by atoms with van der Waals surface area (Å²) in [5.74, 6) is -0.544. The molecule has 19 heavy (non-hydrogen) atoms. The number of H-pyrrole nitrogens is 1. The van der Waals surface area contributed by atoms with Gasteiger partial charge in [-0.25, -0.2) is 13.8 Å². The molecule has 100 valence electrons. The first kappa shape index (κ1) is 14.0. The van der Waals surface area contributed by atoms with Gasteiger partial charge in [-0.1, -0.05) is 18.5 Å². The monoisotopic (exact) mass is 346 g/mol. The fraction of sp³-hybridized carbons (Fsp3) is 0.167. The lowest BCUT2D eigenvalue weighted by Crippen LogP contribution is -2.36. The van der Waals surface area contributed by atoms with Crippen molar-refractivity contribution in [3.63, 3.8) is 0 Å². The predicted molar refractivity (Wildman–Crippen MR) is 74.7 cm³/mol. The van der Waals surface area contributed by atoms with Crippen molar-refractivity contribution in [1.29, 1.82) is 0 Å². The Morgan fingerprint density at radius 1 is 1.42 bits per heavy atom. The first-order valence-corrected chi connectivity index (χ1v) is 6.62. The largest absolute Gasteiger partial charge is 0.334 e. The van der Waals surface area contributed by atoms with E-state index >= 15 is 0 Å². The Bertz CT molecular complexity index is 754. The number of nitrogens with zero attached hydrogens (tertiary/aromatic N) is 1. The first-order chi connectivity index (χ1) is 8.95. The second kappa shape index (κ2) is 5.30. The van der Waals surface area contributed by atoms with Gasteiger partial charge in [0.15, 0.2) is 0 Å². The number of aromatic nitrogens is 2. The summed E-state index contributed by atoms with van der Waals surface area (Å²) in [6.07, 6.45) is 0.362. The minimum atomic E-state index is -0.710. The molecule has 7 heteroatoms. The van der Waals surface area contributed by atoms with Crippen molar-refractivity contribution in [2.24, 2.45) is 0 Å². The summed E-state index contributed by atoms with van der Waals surface area (Å²) >= 11 is 9.00. The average Bonchev–Trinajstić information content (AvgIpc) is 2.33. The van der Waals surface area contributed by atoms with Crippen LogP contribution in [-0.4, -0.2) is 9.55 Å². The molecule has 2 rings (SSSR count). The van der Waals surface area contributed by atoms with Gasteiger partial charge in [-0.05, 0) is 40.5 Å². The minimum absolute atomic E-state index is 0.0151. The second-order valence-corrected chi connectivity index (χ2v) is 5.04. The van der Waals surface area contributed by atoms with Gasteiger partial charge in [0.05, 0.1) is 11.3 Å². The van der Waals surface area contributed by atoms with Crippen LogP contribution in [0, 0.1) is 5.82 Å². The maximum absolute atomic E-state index is 13.3. The molecule has 2 aromatic rings. The molecule has 1 heterocycles. The highest BCUT2D eigenvalue weighted by Crippen LogP contribution is 2.20. The fourth-order valence-corrected chi connectivity index (χ4v) is 2.45. The zero-order valence-electron chi connectivity index (χ0n) is 9.84. The Morgan fingerprint density at radius 3 is 2.74 bits per heavy atom. The van der Waals surface area contributed by atoms with Crippen LogP contribution in [0.2, 0.25) is 5.15 Å². The highest BCUT2D eigenvalue weighted by atomic mass is 79.9. The van der Waals surface area contributed by atoms with Gasteiger partial charge in [0.2, 0.25) is 0 Å². The van der Waals surface area contributed by atoms with Crippen molar-refractivity contribution >= 4 is 27.5 Å². The Labute approximate surface area is 121 Å². The standard InChI is InChI=1S/C12H9BrClFN2O2/c1-2-7-10(14)16-12(19)17(11(7)18)9-5-6(15)3-4-8(9)13/h3-5H,2H2,1H3,(H,16,19). The van der Waals surface area contributed by atoms with Crippen molar-refractivity contribution < 1.29 is 4.39 Å². The van der Waals surface area contributed by atoms with Gasteiger partial charge in [0.1, 0.15) is 11.0 Å². The van der Waals surface area contributed by atoms with E-state index in [1.807, 2.05) is 0 Å². The molecule has 0 saturated heterocycles. The maximum atomic E-state index is 13.3. The van der Waals surface area contributed by atoms with Gasteiger partial charge >= 0.3 is 5.69 Å². The molecule has 0 amide bonds. The molecule has 0 spiro atoms. The van der Waals surface area contributed by atoms with Crippen molar-refractivity contribution in [3.05, 3.63) is 60.0 Å². The molecule has 1 aromatic carbocycles. The predicted octanol–water partition coefficient (Wildman–Crippen LogP) is 2.64. The summed E-state index contributed by atoms with van der Waals surface area (Å²) in [5, 5.41) is 0.0151. The maximum Gasteiger partial charge on any atom is 0.334 e. The molecule has 0 fully saturated rings. The quantitative estimate of drug-likeness (QED) is 0.849. The lowest BCUT2D eigenvalue weighted by atomic mass is 10.2. The van der Waals surface area contributed by atoms with Crippen LogP contribution in [0.15, 0.2) is 32.3 Å². The van der Waals surface area contributed by atoms with E-state index in [1.165, 1.54) is 12.1 Å². The summed E-state index contributed by atoms with van der Waals surface area (Å²) in [7, 11) is 0. The molecular weight excluding hydrogens is 338 g/mol. The van der Waals surface area contributed by atoms with E-state index in [1.54, 1.807) is 6.92 Å². The van der Waals surface area contributed by atoms with Gasteiger partial charge in [-0.3, -0.25) is 9.78 Å². The molecule has 0 atom stereocenters. The number of halogens is 3. The SMILES string of the molecule is CCc1c(Cl)[nH]c(=O)n(-c2cc(F)ccc2Br)c1=O. The fourth-order valence-electron chi connectivity index (χ4n) is 1.73. The number of nitrogens with one attached hydrogen (secondary N) is 1. The highest BCUT2D eigenvalue weighted by molar-refractivity contribution is 9.10. The number of aromatic amines is 1. The van der Waals surface area contributed by atoms with E-state index in [0.29, 0.717) is 10.9 Å². The zero-order valence-corrected chi connectivity index (χ0v) is 12.2. The molecule has 0 aliphatic carbocycles. The van der Waals surface area contributed by atoms with Crippen LogP contribution in [0.25, 0.3) is 5.69 Å². The molecule has 0 radical (unpaired) electrons. The van der Waals surface area contributed by atoms with E-state index in [0.717, 1.165) is 10.6 Å². The van der Waals surface area contributed by atoms with Crippen LogP contribution in [-0.2, 0) is 6.42 Å². The number of benzene rings is 1. The average molecular weight is 348 g/mol. The van der Waals surface area contributed by atoms with E-state index in [9.17, 15) is 14.0 Å². The highest BCUT2D eigenvalue weighted by Gasteiger charge is 2.15. The van der Waals surface area contributed by atoms with Crippen LogP contribution >= 0.6 is 27.5 Å². The van der Waals surface area contributed by atoms with Crippen molar-refractivity contribution in [1.82, 2.24) is 9.55 Å². The topological polar surface area (TPSA) is 54.9 Å². The number of hydrogen-bond donors (Lipinski definition) is 1. The van der Waals surface area contributed by atoms with Gasteiger partial charge in [0, 0.05) is 4.47 Å². The molecule has 0 unspecified atom stereocenters. The van der Waals surface area contributed by atoms with Crippen molar-refractivity contribution in [2.75, 3.05) is 0 Å². The lowest BCUT2D eigenvalue weighted by molar-refractivity contribution is 0.625. The minimum Gasteiger partial charge on any atom is -0.297 e. The van der Waals surface area contributed by atoms with Gasteiger partial charge in [-0.15, -0.1) is 0 Å². The van der Waals surface area contributed by atoms with Crippen LogP contribution in [0.1, 0.15) is 12.5 Å². The van der Waals surface area contributed by atoms with Crippen molar-refractivity contribution in [2.45, 2.75) is 13.3 Å². The molecule has 4 nitrogen and oxygen atoms in total. The van der Waals surface area contributed by atoms with E-state index in [4.69, 9.17) is 11.6 Å². The third-order valence-electron chi connectivity index (χ3n) is 2.65. The summed E-state index contributed by atoms with van der Waals surface area (Å²) in [4.78, 5) is 26.5. The molecule has 1 N–H and O–H groups in total. The molecule has 0 aliphatic rings. The molecular formula is C12H9BrClFN2O2. The van der Waals surface area contributed by atoms with E-state index in [-0.39, 0.29) is 16.4 Å². The Kier molecular flexibility index (Phi) is 3.91. The Balaban J connectivity index is 2.87. The zero-order chi connectivity index (χ0) is 14.2. The van der Waals surface area contributed by atoms with Crippen LogP contribution in [0.4, 0.5) is 4.39 Å². The van der Waals surface area contributed by atoms with E-state index < -0.39 is 17.1 Å². The lowest BCUT2D eigenvalue weighted by Gasteiger charge is -2.09. The van der Waals surface area contributed by atoms with Crippen molar-refractivity contribution in [3.8, 4) is 5.69 Å². The second-order valence-electron chi connectivity index (χ2n) is 3.81. The summed E-state index contributed by atoms with van der Waals surface area (Å²) in [6.45, 7) is 1.74. The van der Waals surface area contributed by atoms with E-state index in [2.05, 4.69) is 20.9 Å². The Morgan fingerprint density at radius 2 is 2.11 bits per heavy atom. The molecule has 0 saturated carbocycles. The molecule has 0 bridgehead atoms. The number of rotatable bonds is 2. The van der Waals surface area contributed by atoms with Gasteiger partial charge in [-0.2, -0.15) is 0 Å². The summed E-state index contributed by atoms with van der Waals surface area (Å²) < 4.78 is 14.6. The summed E-state index contributed by atoms with van der Waals surface area (Å²) in [6, 6.07) is 3.76. The van der Waals surface area contributed by atoms with Gasteiger partial charge < -0.3 is 0 Å². The smallest absolute Gasteiger partial charge is 0.297 e. The Hall–Kier alpha value is -1.40. The van der Waals surface area contributed by atoms with Crippen LogP contribution in [0.3, 0.4) is 0 Å². The third-order valence-corrected chi connectivity index (χ3v) is 3.64. The number of hydrogen-bond acceptors (Lipinski definition) is 2.